The number of rotatable bonds is 7. The van der Waals surface area contributed by atoms with Crippen LogP contribution in [0.3, 0.4) is 0 Å². The fourth-order valence-electron chi connectivity index (χ4n) is 4.98. The van der Waals surface area contributed by atoms with E-state index in [2.05, 4.69) is 35.0 Å². The monoisotopic (exact) mass is 456 g/mol. The molecule has 0 unspecified atom stereocenters. The van der Waals surface area contributed by atoms with Crippen LogP contribution in [0.1, 0.15) is 41.9 Å². The molecule has 0 aliphatic carbocycles. The Balaban J connectivity index is 1.56. The number of methoxy groups -OCH3 is 1. The molecule has 34 heavy (non-hydrogen) atoms. The van der Waals surface area contributed by atoms with Crippen LogP contribution in [-0.2, 0) is 11.3 Å². The highest BCUT2D eigenvalue weighted by Crippen LogP contribution is 2.36. The van der Waals surface area contributed by atoms with Gasteiger partial charge in [-0.3, -0.25) is 4.79 Å². The number of amides is 1. The van der Waals surface area contributed by atoms with Gasteiger partial charge in [-0.05, 0) is 59.9 Å². The highest BCUT2D eigenvalue weighted by molar-refractivity contribution is 5.87. The van der Waals surface area contributed by atoms with Gasteiger partial charge in [0.25, 0.3) is 0 Å². The van der Waals surface area contributed by atoms with E-state index >= 15 is 0 Å². The quantitative estimate of drug-likeness (QED) is 0.343. The van der Waals surface area contributed by atoms with Gasteiger partial charge < -0.3 is 14.2 Å². The molecule has 5 heteroatoms. The summed E-state index contributed by atoms with van der Waals surface area (Å²) in [7, 11) is 1.66. The molecule has 0 N–H and O–H groups in total. The van der Waals surface area contributed by atoms with Crippen molar-refractivity contribution in [2.75, 3.05) is 20.2 Å². The number of hydrogen-bond acceptors (Lipinski definition) is 2. The van der Waals surface area contributed by atoms with Gasteiger partial charge in [0.15, 0.2) is 0 Å². The van der Waals surface area contributed by atoms with Crippen LogP contribution in [0, 0.1) is 5.82 Å². The SMILES string of the molecule is COc1ccc([C@@H](CC(=O)N2CCCC2)c2cn(Cc3ccc(F)cc3)c3ccccc23)cc1. The fourth-order valence-corrected chi connectivity index (χ4v) is 4.98. The minimum atomic E-state index is -0.234. The second-order valence-electron chi connectivity index (χ2n) is 8.97. The first-order valence-electron chi connectivity index (χ1n) is 11.9. The van der Waals surface area contributed by atoms with Gasteiger partial charge in [0.05, 0.1) is 7.11 Å². The van der Waals surface area contributed by atoms with E-state index in [1.54, 1.807) is 7.11 Å². The minimum Gasteiger partial charge on any atom is -0.497 e. The largest absolute Gasteiger partial charge is 0.497 e. The molecule has 1 amide bonds. The molecule has 2 heterocycles. The molecule has 4 aromatic rings. The third kappa shape index (κ3) is 4.56. The van der Waals surface area contributed by atoms with Crippen LogP contribution in [0.5, 0.6) is 5.75 Å². The Morgan fingerprint density at radius 3 is 2.38 bits per heavy atom. The Morgan fingerprint density at radius 2 is 1.68 bits per heavy atom. The lowest BCUT2D eigenvalue weighted by atomic mass is 9.87. The number of halogens is 1. The summed E-state index contributed by atoms with van der Waals surface area (Å²) in [5.74, 6) is 0.695. The van der Waals surface area contributed by atoms with E-state index in [1.807, 2.05) is 41.3 Å². The standard InChI is InChI=1S/C29H29FN2O2/c1-34-24-14-10-22(11-15-24)26(18-29(33)31-16-4-5-17-31)27-20-32(28-7-3-2-6-25(27)28)19-21-8-12-23(30)13-9-21/h2-3,6-15,20,26H,4-5,16-19H2,1H3/t26-/m1/s1. The molecule has 1 fully saturated rings. The number of benzene rings is 3. The van der Waals surface area contributed by atoms with Gasteiger partial charge in [-0.15, -0.1) is 0 Å². The number of ether oxygens (including phenoxy) is 1. The number of hydrogen-bond donors (Lipinski definition) is 0. The average molecular weight is 457 g/mol. The Bertz CT molecular complexity index is 1270. The molecule has 4 nitrogen and oxygen atoms in total. The average Bonchev–Trinajstić information content (AvgIpc) is 3.53. The predicted molar refractivity (Wildman–Crippen MR) is 133 cm³/mol. The molecule has 0 saturated carbocycles. The second-order valence-corrected chi connectivity index (χ2v) is 8.97. The Labute approximate surface area is 199 Å². The van der Waals surface area contributed by atoms with E-state index in [0.29, 0.717) is 13.0 Å². The van der Waals surface area contributed by atoms with E-state index in [1.165, 1.54) is 12.1 Å². The number of likely N-dealkylation sites (tertiary alicyclic amines) is 1. The van der Waals surface area contributed by atoms with Crippen LogP contribution in [0.4, 0.5) is 4.39 Å². The van der Waals surface area contributed by atoms with E-state index in [-0.39, 0.29) is 17.6 Å². The molecule has 1 atom stereocenters. The first kappa shape index (κ1) is 22.2. The summed E-state index contributed by atoms with van der Waals surface area (Å²) < 4.78 is 21.0. The highest BCUT2D eigenvalue weighted by Gasteiger charge is 2.26. The van der Waals surface area contributed by atoms with Crippen LogP contribution in [0.2, 0.25) is 0 Å². The van der Waals surface area contributed by atoms with Crippen molar-refractivity contribution in [1.29, 1.82) is 0 Å². The van der Waals surface area contributed by atoms with Crippen LogP contribution < -0.4 is 4.74 Å². The maximum absolute atomic E-state index is 13.4. The van der Waals surface area contributed by atoms with E-state index in [4.69, 9.17) is 4.74 Å². The van der Waals surface area contributed by atoms with E-state index in [9.17, 15) is 9.18 Å². The predicted octanol–water partition coefficient (Wildman–Crippen LogP) is 5.98. The van der Waals surface area contributed by atoms with Crippen molar-refractivity contribution in [3.8, 4) is 5.75 Å². The lowest BCUT2D eigenvalue weighted by molar-refractivity contribution is -0.130. The zero-order valence-corrected chi connectivity index (χ0v) is 19.4. The van der Waals surface area contributed by atoms with Crippen molar-refractivity contribution in [2.24, 2.45) is 0 Å². The zero-order valence-electron chi connectivity index (χ0n) is 19.4. The normalized spacial score (nSPS) is 14.5. The van der Waals surface area contributed by atoms with Crippen molar-refractivity contribution >= 4 is 16.8 Å². The number of fused-ring (bicyclic) bond motifs is 1. The van der Waals surface area contributed by atoms with Gasteiger partial charge in [0.2, 0.25) is 5.91 Å². The number of aromatic nitrogens is 1. The molecule has 1 aliphatic heterocycles. The molecule has 1 aliphatic rings. The number of carbonyl (C=O) groups is 1. The molecule has 3 aromatic carbocycles. The molecule has 5 rings (SSSR count). The summed E-state index contributed by atoms with van der Waals surface area (Å²) in [6, 6.07) is 23.0. The van der Waals surface area contributed by atoms with Crippen molar-refractivity contribution in [2.45, 2.75) is 31.7 Å². The van der Waals surface area contributed by atoms with Crippen molar-refractivity contribution in [1.82, 2.24) is 9.47 Å². The third-order valence-corrected chi connectivity index (χ3v) is 6.82. The van der Waals surface area contributed by atoms with Crippen molar-refractivity contribution in [3.05, 3.63) is 102 Å². The van der Waals surface area contributed by atoms with Gasteiger partial charge in [-0.25, -0.2) is 4.39 Å². The Kier molecular flexibility index (Phi) is 6.35. The smallest absolute Gasteiger partial charge is 0.223 e. The molecule has 0 radical (unpaired) electrons. The first-order chi connectivity index (χ1) is 16.6. The maximum atomic E-state index is 13.4. The Morgan fingerprint density at radius 1 is 0.971 bits per heavy atom. The molecule has 0 spiro atoms. The number of nitrogens with zero attached hydrogens (tertiary/aromatic N) is 2. The lowest BCUT2D eigenvalue weighted by Gasteiger charge is -2.21. The molecule has 1 saturated heterocycles. The van der Waals surface area contributed by atoms with Crippen LogP contribution >= 0.6 is 0 Å². The molecular formula is C29H29FN2O2. The highest BCUT2D eigenvalue weighted by atomic mass is 19.1. The topological polar surface area (TPSA) is 34.5 Å². The van der Waals surface area contributed by atoms with Crippen LogP contribution in [0.15, 0.2) is 79.0 Å². The van der Waals surface area contributed by atoms with Crippen LogP contribution in [-0.4, -0.2) is 35.6 Å². The maximum Gasteiger partial charge on any atom is 0.223 e. The summed E-state index contributed by atoms with van der Waals surface area (Å²) in [5.41, 5.74) is 4.37. The summed E-state index contributed by atoms with van der Waals surface area (Å²) in [6.45, 7) is 2.33. The fraction of sp³-hybridized carbons (Fsp3) is 0.276. The summed E-state index contributed by atoms with van der Waals surface area (Å²) in [5, 5.41) is 1.14. The van der Waals surface area contributed by atoms with Gasteiger partial charge in [-0.1, -0.05) is 42.5 Å². The Hall–Kier alpha value is -3.60. The summed E-state index contributed by atoms with van der Waals surface area (Å²) in [4.78, 5) is 15.2. The van der Waals surface area contributed by atoms with Gasteiger partial charge in [-0.2, -0.15) is 0 Å². The van der Waals surface area contributed by atoms with Gasteiger partial charge in [0.1, 0.15) is 11.6 Å². The number of para-hydroxylation sites is 1. The molecule has 174 valence electrons. The summed E-state index contributed by atoms with van der Waals surface area (Å²) in [6.07, 6.45) is 4.75. The molecular weight excluding hydrogens is 427 g/mol. The van der Waals surface area contributed by atoms with Gasteiger partial charge in [0, 0.05) is 49.1 Å². The van der Waals surface area contributed by atoms with Crippen molar-refractivity contribution in [3.63, 3.8) is 0 Å². The lowest BCUT2D eigenvalue weighted by Crippen LogP contribution is -2.29. The van der Waals surface area contributed by atoms with Gasteiger partial charge >= 0.3 is 0 Å². The zero-order chi connectivity index (χ0) is 23.5. The summed E-state index contributed by atoms with van der Waals surface area (Å²) >= 11 is 0. The second kappa shape index (κ2) is 9.72. The molecule has 0 bridgehead atoms. The van der Waals surface area contributed by atoms with Crippen molar-refractivity contribution < 1.29 is 13.9 Å². The third-order valence-electron chi connectivity index (χ3n) is 6.82. The minimum absolute atomic E-state index is 0.0710. The number of carbonyl (C=O) groups excluding carboxylic acids is 1. The molecule has 1 aromatic heterocycles. The van der Waals surface area contributed by atoms with E-state index in [0.717, 1.165) is 59.3 Å². The van der Waals surface area contributed by atoms with Crippen LogP contribution in [0.25, 0.3) is 10.9 Å². The first-order valence-corrected chi connectivity index (χ1v) is 11.9. The van der Waals surface area contributed by atoms with E-state index < -0.39 is 0 Å².